The van der Waals surface area contributed by atoms with Crippen LogP contribution in [0.2, 0.25) is 0 Å². The zero-order chi connectivity index (χ0) is 19.1. The lowest BCUT2D eigenvalue weighted by Crippen LogP contribution is -2.32. The van der Waals surface area contributed by atoms with Gasteiger partial charge in [-0.25, -0.2) is 0 Å². The smallest absolute Gasteiger partial charge is 0.259 e. The summed E-state index contributed by atoms with van der Waals surface area (Å²) >= 11 is 1.62. The van der Waals surface area contributed by atoms with Crippen molar-refractivity contribution in [2.24, 2.45) is 4.99 Å². The maximum absolute atomic E-state index is 12.9. The van der Waals surface area contributed by atoms with Crippen molar-refractivity contribution in [2.45, 2.75) is 32.4 Å². The number of carbonyl (C=O) groups excluding carboxylic acids is 1. The molecule has 3 rings (SSSR count). The van der Waals surface area contributed by atoms with Crippen LogP contribution in [0.1, 0.15) is 41.3 Å². The van der Waals surface area contributed by atoms with E-state index >= 15 is 0 Å². The number of benzene rings is 2. The Balaban J connectivity index is 1.59. The molecular weight excluding hydrogens is 356 g/mol. The van der Waals surface area contributed by atoms with Crippen LogP contribution in [0, 0.1) is 6.92 Å². The lowest BCUT2D eigenvalue weighted by molar-refractivity contribution is 0.0860. The van der Waals surface area contributed by atoms with Crippen molar-refractivity contribution in [3.05, 3.63) is 65.2 Å². The standard InChI is InChI=1S/C22H26N2O2S/c1-3-4-14-26-20-10-8-19(9-11-20)21(25)24-13-12-23-22(24)27-16-18-7-5-6-17(2)15-18/h5-11,15H,3-4,12-14,16H2,1-2H3. The molecular formula is C22H26N2O2S. The van der Waals surface area contributed by atoms with Gasteiger partial charge in [0.2, 0.25) is 0 Å². The molecule has 0 spiro atoms. The van der Waals surface area contributed by atoms with Gasteiger partial charge >= 0.3 is 0 Å². The van der Waals surface area contributed by atoms with Crippen LogP contribution < -0.4 is 4.74 Å². The Morgan fingerprint density at radius 1 is 1.22 bits per heavy atom. The number of nitrogens with zero attached hydrogens (tertiary/aromatic N) is 2. The summed E-state index contributed by atoms with van der Waals surface area (Å²) in [4.78, 5) is 19.2. The minimum absolute atomic E-state index is 0.00287. The van der Waals surface area contributed by atoms with Crippen molar-refractivity contribution in [3.63, 3.8) is 0 Å². The Kier molecular flexibility index (Phi) is 6.93. The number of ether oxygens (including phenoxy) is 1. The van der Waals surface area contributed by atoms with Crippen molar-refractivity contribution < 1.29 is 9.53 Å². The number of hydrogen-bond acceptors (Lipinski definition) is 4. The number of carbonyl (C=O) groups is 1. The fourth-order valence-corrected chi connectivity index (χ4v) is 3.86. The molecule has 142 valence electrons. The number of hydrogen-bond donors (Lipinski definition) is 0. The van der Waals surface area contributed by atoms with Gasteiger partial charge in [0.15, 0.2) is 5.17 Å². The first-order chi connectivity index (χ1) is 13.2. The topological polar surface area (TPSA) is 41.9 Å². The summed E-state index contributed by atoms with van der Waals surface area (Å²) in [5, 5.41) is 0.810. The van der Waals surface area contributed by atoms with E-state index in [1.165, 1.54) is 11.1 Å². The fraction of sp³-hybridized carbons (Fsp3) is 0.364. The van der Waals surface area contributed by atoms with Gasteiger partial charge in [-0.15, -0.1) is 0 Å². The van der Waals surface area contributed by atoms with E-state index in [-0.39, 0.29) is 5.91 Å². The van der Waals surface area contributed by atoms with Crippen LogP contribution in [0.4, 0.5) is 0 Å². The highest BCUT2D eigenvalue weighted by molar-refractivity contribution is 8.13. The number of amides is 1. The lowest BCUT2D eigenvalue weighted by atomic mass is 10.2. The lowest BCUT2D eigenvalue weighted by Gasteiger charge is -2.18. The van der Waals surface area contributed by atoms with Gasteiger partial charge in [0.05, 0.1) is 13.2 Å². The highest BCUT2D eigenvalue weighted by Crippen LogP contribution is 2.22. The molecule has 0 aromatic heterocycles. The molecule has 1 amide bonds. The van der Waals surface area contributed by atoms with Gasteiger partial charge in [-0.3, -0.25) is 14.7 Å². The van der Waals surface area contributed by atoms with Gasteiger partial charge in [0.1, 0.15) is 5.75 Å². The van der Waals surface area contributed by atoms with Crippen LogP contribution in [-0.2, 0) is 5.75 Å². The summed E-state index contributed by atoms with van der Waals surface area (Å²) in [5.41, 5.74) is 3.16. The summed E-state index contributed by atoms with van der Waals surface area (Å²) in [6, 6.07) is 15.9. The van der Waals surface area contributed by atoms with E-state index in [2.05, 4.69) is 43.1 Å². The predicted molar refractivity (Wildman–Crippen MR) is 113 cm³/mol. The average molecular weight is 383 g/mol. The third-order valence-corrected chi connectivity index (χ3v) is 5.45. The maximum Gasteiger partial charge on any atom is 0.259 e. The Bertz CT molecular complexity index is 802. The fourth-order valence-electron chi connectivity index (χ4n) is 2.87. The van der Waals surface area contributed by atoms with Gasteiger partial charge in [-0.1, -0.05) is 54.9 Å². The number of unbranched alkanes of at least 4 members (excludes halogenated alkanes) is 1. The molecule has 0 saturated carbocycles. The Hall–Kier alpha value is -2.27. The molecule has 2 aromatic carbocycles. The molecule has 0 saturated heterocycles. The highest BCUT2D eigenvalue weighted by atomic mass is 32.2. The number of aryl methyl sites for hydroxylation is 1. The van der Waals surface area contributed by atoms with E-state index in [9.17, 15) is 4.79 Å². The zero-order valence-electron chi connectivity index (χ0n) is 16.0. The number of aliphatic imine (C=N–C) groups is 1. The first-order valence-corrected chi connectivity index (χ1v) is 10.4. The van der Waals surface area contributed by atoms with Crippen molar-refractivity contribution in [1.82, 2.24) is 4.90 Å². The molecule has 0 fully saturated rings. The van der Waals surface area contributed by atoms with Crippen LogP contribution in [-0.4, -0.2) is 35.7 Å². The van der Waals surface area contributed by atoms with E-state index in [0.717, 1.165) is 29.5 Å². The van der Waals surface area contributed by atoms with Gasteiger partial charge in [0.25, 0.3) is 5.91 Å². The van der Waals surface area contributed by atoms with Gasteiger partial charge in [-0.05, 0) is 43.2 Å². The summed E-state index contributed by atoms with van der Waals surface area (Å²) < 4.78 is 5.67. The SMILES string of the molecule is CCCCOc1ccc(C(=O)N2CCN=C2SCc2cccc(C)c2)cc1. The molecule has 2 aromatic rings. The largest absolute Gasteiger partial charge is 0.494 e. The van der Waals surface area contributed by atoms with Crippen LogP contribution in [0.3, 0.4) is 0 Å². The van der Waals surface area contributed by atoms with Crippen LogP contribution in [0.15, 0.2) is 53.5 Å². The molecule has 27 heavy (non-hydrogen) atoms. The van der Waals surface area contributed by atoms with E-state index in [1.807, 2.05) is 24.3 Å². The Morgan fingerprint density at radius 2 is 2.04 bits per heavy atom. The highest BCUT2D eigenvalue weighted by Gasteiger charge is 2.25. The molecule has 0 N–H and O–H groups in total. The van der Waals surface area contributed by atoms with Crippen LogP contribution in [0.5, 0.6) is 5.75 Å². The number of thioether (sulfide) groups is 1. The normalized spacial score (nSPS) is 13.6. The average Bonchev–Trinajstić information content (AvgIpc) is 3.15. The Morgan fingerprint density at radius 3 is 2.78 bits per heavy atom. The quantitative estimate of drug-likeness (QED) is 0.638. The third-order valence-electron chi connectivity index (χ3n) is 4.37. The number of amidine groups is 1. The molecule has 0 radical (unpaired) electrons. The first kappa shape index (κ1) is 19.5. The minimum Gasteiger partial charge on any atom is -0.494 e. The molecule has 5 heteroatoms. The second kappa shape index (κ2) is 9.60. The van der Waals surface area contributed by atoms with Crippen molar-refractivity contribution in [2.75, 3.05) is 19.7 Å². The van der Waals surface area contributed by atoms with Gasteiger partial charge in [0, 0.05) is 17.9 Å². The minimum atomic E-state index is 0.00287. The van der Waals surface area contributed by atoms with Crippen molar-refractivity contribution >= 4 is 22.8 Å². The molecule has 0 aliphatic carbocycles. The second-order valence-electron chi connectivity index (χ2n) is 6.63. The van der Waals surface area contributed by atoms with E-state index in [4.69, 9.17) is 4.74 Å². The van der Waals surface area contributed by atoms with Crippen molar-refractivity contribution in [3.8, 4) is 5.75 Å². The first-order valence-electron chi connectivity index (χ1n) is 9.45. The van der Waals surface area contributed by atoms with Gasteiger partial charge in [-0.2, -0.15) is 0 Å². The maximum atomic E-state index is 12.9. The molecule has 1 aliphatic heterocycles. The second-order valence-corrected chi connectivity index (χ2v) is 7.57. The molecule has 0 unspecified atom stereocenters. The number of rotatable bonds is 7. The Labute approximate surface area is 165 Å². The summed E-state index contributed by atoms with van der Waals surface area (Å²) in [6.07, 6.45) is 2.14. The molecule has 0 atom stereocenters. The molecule has 1 heterocycles. The summed E-state index contributed by atoms with van der Waals surface area (Å²) in [5.74, 6) is 1.63. The third kappa shape index (κ3) is 5.36. The predicted octanol–water partition coefficient (Wildman–Crippen LogP) is 4.92. The van der Waals surface area contributed by atoms with Crippen molar-refractivity contribution in [1.29, 1.82) is 0 Å². The molecule has 0 bridgehead atoms. The summed E-state index contributed by atoms with van der Waals surface area (Å²) in [6.45, 7) is 6.25. The van der Waals surface area contributed by atoms with E-state index in [0.29, 0.717) is 25.3 Å². The molecule has 4 nitrogen and oxygen atoms in total. The van der Waals surface area contributed by atoms with Crippen LogP contribution >= 0.6 is 11.8 Å². The summed E-state index contributed by atoms with van der Waals surface area (Å²) in [7, 11) is 0. The van der Waals surface area contributed by atoms with E-state index < -0.39 is 0 Å². The molecule has 1 aliphatic rings. The monoisotopic (exact) mass is 382 g/mol. The zero-order valence-corrected chi connectivity index (χ0v) is 16.8. The van der Waals surface area contributed by atoms with E-state index in [1.54, 1.807) is 16.7 Å². The van der Waals surface area contributed by atoms with Gasteiger partial charge < -0.3 is 4.74 Å². The van der Waals surface area contributed by atoms with Crippen LogP contribution in [0.25, 0.3) is 0 Å².